The van der Waals surface area contributed by atoms with Crippen LogP contribution in [0.4, 0.5) is 5.82 Å². The molecule has 0 saturated carbocycles. The molecule has 39 heavy (non-hydrogen) atoms. The lowest BCUT2D eigenvalue weighted by atomic mass is 10.2. The SMILES string of the molecule is CC(N)P(=O)(O)O[C@H]1C[C@H](n2cnc3c(NC(=O)c4ccccc4)ncnc32)O[C@@H]1CO[Si](C)(C)C(C)(C)C. The summed E-state index contributed by atoms with van der Waals surface area (Å²) in [7, 11) is -6.23. The fraction of sp³-hybridized carbons (Fsp3) is 0.520. The standard InChI is InChI=1S/C25H37N6O6PSi/c1-16(26)38(33,34)37-18-12-20(36-19(18)13-35-39(5,6)25(2,3)4)31-15-29-21-22(27-14-28-23(21)31)30-24(32)17-10-8-7-9-11-17/h7-11,14-16,18-20H,12-13,26H2,1-6H3,(H,33,34)(H,27,28,30,32)/t16?,18-,19+,20+/m0/s1. The second-order valence-corrected chi connectivity index (χ2v) is 18.2. The first kappa shape index (κ1) is 29.5. The van der Waals surface area contributed by atoms with Gasteiger partial charge in [0.25, 0.3) is 5.91 Å². The van der Waals surface area contributed by atoms with E-state index in [1.807, 2.05) is 6.07 Å². The van der Waals surface area contributed by atoms with Gasteiger partial charge in [-0.15, -0.1) is 0 Å². The zero-order chi connectivity index (χ0) is 28.6. The normalized spacial score (nSPS) is 22.5. The molecule has 14 heteroatoms. The summed E-state index contributed by atoms with van der Waals surface area (Å²) in [4.78, 5) is 36.1. The van der Waals surface area contributed by atoms with Crippen LogP contribution >= 0.6 is 7.60 Å². The smallest absolute Gasteiger partial charge is 0.344 e. The maximum absolute atomic E-state index is 12.7. The van der Waals surface area contributed by atoms with Gasteiger partial charge in [0.2, 0.25) is 0 Å². The van der Waals surface area contributed by atoms with Gasteiger partial charge in [-0.05, 0) is 37.2 Å². The Labute approximate surface area is 229 Å². The van der Waals surface area contributed by atoms with Gasteiger partial charge in [-0.25, -0.2) is 15.0 Å². The molecule has 1 aromatic carbocycles. The Hall–Kier alpha value is -2.51. The summed E-state index contributed by atoms with van der Waals surface area (Å²) in [5.74, 6) is -1.13. The Morgan fingerprint density at radius 1 is 1.28 bits per heavy atom. The number of amides is 1. The lowest BCUT2D eigenvalue weighted by molar-refractivity contribution is -0.0379. The third-order valence-corrected chi connectivity index (χ3v) is 13.4. The zero-order valence-electron chi connectivity index (χ0n) is 23.1. The lowest BCUT2D eigenvalue weighted by Gasteiger charge is -2.37. The summed E-state index contributed by atoms with van der Waals surface area (Å²) < 4.78 is 32.7. The first-order valence-corrected chi connectivity index (χ1v) is 17.3. The maximum Gasteiger partial charge on any atom is 0.344 e. The molecule has 12 nitrogen and oxygen atoms in total. The number of nitrogens with zero attached hydrogens (tertiary/aromatic N) is 4. The number of aromatic nitrogens is 4. The number of carbonyl (C=O) groups excluding carboxylic acids is 1. The molecule has 0 bridgehead atoms. The van der Waals surface area contributed by atoms with Crippen molar-refractivity contribution >= 4 is 38.8 Å². The van der Waals surface area contributed by atoms with Crippen LogP contribution < -0.4 is 11.1 Å². The number of imidazole rings is 1. The van der Waals surface area contributed by atoms with Crippen LogP contribution in [0.2, 0.25) is 18.1 Å². The summed E-state index contributed by atoms with van der Waals surface area (Å²) >= 11 is 0. The maximum atomic E-state index is 12.7. The van der Waals surface area contributed by atoms with Gasteiger partial charge in [-0.1, -0.05) is 39.0 Å². The minimum Gasteiger partial charge on any atom is -0.414 e. The summed E-state index contributed by atoms with van der Waals surface area (Å²) in [6.45, 7) is 12.3. The highest BCUT2D eigenvalue weighted by molar-refractivity contribution is 7.53. The van der Waals surface area contributed by atoms with Gasteiger partial charge in [0, 0.05) is 12.0 Å². The molecule has 0 aliphatic carbocycles. The second-order valence-electron chi connectivity index (χ2n) is 11.3. The van der Waals surface area contributed by atoms with E-state index in [1.165, 1.54) is 13.3 Å². The van der Waals surface area contributed by atoms with Crippen molar-refractivity contribution in [3.05, 3.63) is 48.5 Å². The molecule has 2 aromatic heterocycles. The first-order chi connectivity index (χ1) is 18.2. The number of nitrogens with two attached hydrogens (primary N) is 1. The number of hydrogen-bond donors (Lipinski definition) is 3. The molecular weight excluding hydrogens is 539 g/mol. The van der Waals surface area contributed by atoms with E-state index in [4.69, 9.17) is 19.4 Å². The summed E-state index contributed by atoms with van der Waals surface area (Å²) in [5, 5.41) is 2.76. The number of rotatable bonds is 9. The van der Waals surface area contributed by atoms with Crippen LogP contribution in [0.1, 0.15) is 50.7 Å². The molecule has 1 aliphatic rings. The molecule has 0 radical (unpaired) electrons. The number of ether oxygens (including phenoxy) is 1. The predicted octanol–water partition coefficient (Wildman–Crippen LogP) is 4.26. The fourth-order valence-corrected chi connectivity index (χ4v) is 5.67. The van der Waals surface area contributed by atoms with E-state index < -0.39 is 40.1 Å². The minimum atomic E-state index is -4.10. The highest BCUT2D eigenvalue weighted by Gasteiger charge is 2.45. The lowest BCUT2D eigenvalue weighted by Crippen LogP contribution is -2.44. The van der Waals surface area contributed by atoms with Crippen LogP contribution in [0.5, 0.6) is 0 Å². The average molecular weight is 577 g/mol. The van der Waals surface area contributed by atoms with Gasteiger partial charge in [-0.2, -0.15) is 0 Å². The molecule has 1 fully saturated rings. The van der Waals surface area contributed by atoms with Crippen LogP contribution in [-0.2, 0) is 18.3 Å². The number of carbonyl (C=O) groups is 1. The van der Waals surface area contributed by atoms with Crippen LogP contribution in [0.25, 0.3) is 11.2 Å². The molecule has 1 saturated heterocycles. The quantitative estimate of drug-likeness (QED) is 0.248. The van der Waals surface area contributed by atoms with Gasteiger partial charge in [0.05, 0.1) is 19.0 Å². The van der Waals surface area contributed by atoms with Crippen molar-refractivity contribution in [2.24, 2.45) is 5.73 Å². The van der Waals surface area contributed by atoms with E-state index in [9.17, 15) is 14.3 Å². The highest BCUT2D eigenvalue weighted by Crippen LogP contribution is 2.50. The van der Waals surface area contributed by atoms with Crippen molar-refractivity contribution in [3.8, 4) is 0 Å². The third-order valence-electron chi connectivity index (χ3n) is 7.33. The van der Waals surface area contributed by atoms with Gasteiger partial charge in [0.15, 0.2) is 25.3 Å². The molecule has 5 atom stereocenters. The van der Waals surface area contributed by atoms with E-state index in [-0.39, 0.29) is 29.8 Å². The zero-order valence-corrected chi connectivity index (χ0v) is 25.0. The molecule has 4 rings (SSSR count). The summed E-state index contributed by atoms with van der Waals surface area (Å²) in [6, 6.07) is 8.78. The molecule has 0 spiro atoms. The van der Waals surface area contributed by atoms with Crippen molar-refractivity contribution in [2.75, 3.05) is 11.9 Å². The molecule has 212 valence electrons. The molecule has 2 unspecified atom stereocenters. The Morgan fingerprint density at radius 2 is 1.97 bits per heavy atom. The Balaban J connectivity index is 1.59. The second kappa shape index (κ2) is 11.2. The Kier molecular flexibility index (Phi) is 8.44. The molecular formula is C25H37N6O6PSi. The van der Waals surface area contributed by atoms with Crippen LogP contribution in [-0.4, -0.2) is 63.2 Å². The van der Waals surface area contributed by atoms with Gasteiger partial charge >= 0.3 is 7.60 Å². The van der Waals surface area contributed by atoms with Crippen LogP contribution in [0.15, 0.2) is 43.0 Å². The molecule has 1 aliphatic heterocycles. The van der Waals surface area contributed by atoms with Crippen molar-refractivity contribution in [1.82, 2.24) is 19.5 Å². The highest BCUT2D eigenvalue weighted by atomic mass is 31.2. The number of anilines is 1. The van der Waals surface area contributed by atoms with E-state index >= 15 is 0 Å². The van der Waals surface area contributed by atoms with Crippen LogP contribution in [0.3, 0.4) is 0 Å². The van der Waals surface area contributed by atoms with Gasteiger partial charge < -0.3 is 29.6 Å². The molecule has 3 heterocycles. The molecule has 3 aromatic rings. The Bertz CT molecular complexity index is 1360. The minimum absolute atomic E-state index is 0.0303. The van der Waals surface area contributed by atoms with Crippen molar-refractivity contribution in [1.29, 1.82) is 0 Å². The van der Waals surface area contributed by atoms with E-state index in [0.717, 1.165) is 0 Å². The predicted molar refractivity (Wildman–Crippen MR) is 150 cm³/mol. The summed E-state index contributed by atoms with van der Waals surface area (Å²) in [5.41, 5.74) is 7.02. The van der Waals surface area contributed by atoms with Gasteiger partial charge in [0.1, 0.15) is 24.4 Å². The average Bonchev–Trinajstić information content (AvgIpc) is 3.46. The van der Waals surface area contributed by atoms with Gasteiger partial charge in [-0.3, -0.25) is 13.9 Å². The van der Waals surface area contributed by atoms with Crippen molar-refractivity contribution in [3.63, 3.8) is 0 Å². The summed E-state index contributed by atoms with van der Waals surface area (Å²) in [6.07, 6.45) is 1.12. The molecule has 1 amide bonds. The van der Waals surface area contributed by atoms with E-state index in [2.05, 4.69) is 54.1 Å². The molecule has 4 N–H and O–H groups in total. The third kappa shape index (κ3) is 6.46. The monoisotopic (exact) mass is 576 g/mol. The van der Waals surface area contributed by atoms with E-state index in [1.54, 1.807) is 35.2 Å². The van der Waals surface area contributed by atoms with Crippen molar-refractivity contribution in [2.45, 2.75) is 76.5 Å². The number of nitrogens with one attached hydrogen (secondary N) is 1. The number of fused-ring (bicyclic) bond motifs is 1. The van der Waals surface area contributed by atoms with E-state index in [0.29, 0.717) is 16.7 Å². The fourth-order valence-electron chi connectivity index (χ4n) is 3.85. The first-order valence-electron chi connectivity index (χ1n) is 12.8. The topological polar surface area (TPSA) is 164 Å². The van der Waals surface area contributed by atoms with Crippen molar-refractivity contribution < 1.29 is 27.9 Å². The number of hydrogen-bond acceptors (Lipinski definition) is 9. The Morgan fingerprint density at radius 3 is 2.62 bits per heavy atom. The number of benzene rings is 1. The largest absolute Gasteiger partial charge is 0.414 e. The van der Waals surface area contributed by atoms with Crippen LogP contribution in [0, 0.1) is 0 Å².